The zero-order chi connectivity index (χ0) is 20.3. The van der Waals surface area contributed by atoms with Gasteiger partial charge >= 0.3 is 11.8 Å². The Morgan fingerprint density at radius 1 is 1.14 bits per heavy atom. The van der Waals surface area contributed by atoms with Crippen LogP contribution >= 0.6 is 0 Å². The Morgan fingerprint density at radius 3 is 2.57 bits per heavy atom. The van der Waals surface area contributed by atoms with Gasteiger partial charge in [-0.3, -0.25) is 9.59 Å². The summed E-state index contributed by atoms with van der Waals surface area (Å²) in [5.74, 6) is -0.430. The largest absolute Gasteiger partial charge is 0.437 e. The molecule has 2 amide bonds. The molecule has 1 aliphatic rings. The van der Waals surface area contributed by atoms with Gasteiger partial charge in [0.1, 0.15) is 11.4 Å². The van der Waals surface area contributed by atoms with Crippen molar-refractivity contribution in [2.75, 3.05) is 18.4 Å². The maximum Gasteiger partial charge on any atom is 0.314 e. The van der Waals surface area contributed by atoms with Gasteiger partial charge in [-0.25, -0.2) is 4.98 Å². The second-order valence-corrected chi connectivity index (χ2v) is 7.08. The van der Waals surface area contributed by atoms with Crippen molar-refractivity contribution in [2.45, 2.75) is 39.9 Å². The number of hydrogen-bond acceptors (Lipinski definition) is 5. The van der Waals surface area contributed by atoms with Gasteiger partial charge in [-0.1, -0.05) is 12.1 Å². The number of pyridine rings is 1. The average molecular weight is 383 g/mol. The molecule has 148 valence electrons. The van der Waals surface area contributed by atoms with E-state index in [1.54, 1.807) is 18.3 Å². The van der Waals surface area contributed by atoms with Crippen LogP contribution in [-0.4, -0.2) is 47.0 Å². The lowest BCUT2D eigenvalue weighted by atomic mass is 10.1. The van der Waals surface area contributed by atoms with E-state index in [1.807, 2.05) is 45.9 Å². The number of hydrogen-bond donors (Lipinski definition) is 1. The van der Waals surface area contributed by atoms with E-state index in [-0.39, 0.29) is 18.1 Å². The number of aryl methyl sites for hydroxylation is 1. The Labute approximate surface area is 164 Å². The zero-order valence-electron chi connectivity index (χ0n) is 16.6. The van der Waals surface area contributed by atoms with Gasteiger partial charge in [0.25, 0.3) is 0 Å². The number of aromatic nitrogens is 1. The normalized spacial score (nSPS) is 19.2. The molecule has 0 aliphatic carbocycles. The molecule has 1 fully saturated rings. The number of nitrogens with one attached hydrogen (secondary N) is 1. The van der Waals surface area contributed by atoms with E-state index in [0.717, 1.165) is 11.1 Å². The fraction of sp³-hybridized carbons (Fsp3) is 0.381. The van der Waals surface area contributed by atoms with E-state index in [9.17, 15) is 9.59 Å². The Bertz CT molecular complexity index is 874. The van der Waals surface area contributed by atoms with Crippen LogP contribution in [0.2, 0.25) is 0 Å². The lowest BCUT2D eigenvalue weighted by Crippen LogP contribution is -2.51. The molecule has 0 radical (unpaired) electrons. The molecule has 1 N–H and O–H groups in total. The first kappa shape index (κ1) is 19.8. The van der Waals surface area contributed by atoms with Crippen molar-refractivity contribution in [3.8, 4) is 11.6 Å². The predicted molar refractivity (Wildman–Crippen MR) is 105 cm³/mol. The van der Waals surface area contributed by atoms with Crippen molar-refractivity contribution in [1.82, 2.24) is 9.88 Å². The first-order valence-electron chi connectivity index (χ1n) is 9.30. The van der Waals surface area contributed by atoms with Gasteiger partial charge in [0, 0.05) is 19.3 Å². The fourth-order valence-electron chi connectivity index (χ4n) is 3.17. The molecule has 1 aliphatic heterocycles. The zero-order valence-corrected chi connectivity index (χ0v) is 16.6. The van der Waals surface area contributed by atoms with Gasteiger partial charge in [-0.2, -0.15) is 0 Å². The van der Waals surface area contributed by atoms with Crippen LogP contribution in [0.3, 0.4) is 0 Å². The number of morpholine rings is 1. The minimum atomic E-state index is -0.722. The highest BCUT2D eigenvalue weighted by atomic mass is 16.5. The van der Waals surface area contributed by atoms with Crippen molar-refractivity contribution in [2.24, 2.45) is 0 Å². The molecule has 0 unspecified atom stereocenters. The molecule has 0 saturated carbocycles. The molecule has 28 heavy (non-hydrogen) atoms. The van der Waals surface area contributed by atoms with E-state index >= 15 is 0 Å². The number of carbonyl (C=O) groups excluding carboxylic acids is 2. The number of ether oxygens (including phenoxy) is 2. The molecular weight excluding hydrogens is 358 g/mol. The standard InChI is InChI=1S/C21H25N3O4/c1-13-7-5-9-18(16(13)4)28-20-17(8-6-10-22-20)23-19(25)21(26)24-11-14(2)27-15(3)12-24/h5-10,14-15H,11-12H2,1-4H3,(H,23,25)/t14-,15-/m1/s1. The van der Waals surface area contributed by atoms with Gasteiger partial charge in [0.15, 0.2) is 0 Å². The lowest BCUT2D eigenvalue weighted by Gasteiger charge is -2.34. The second kappa shape index (κ2) is 8.39. The summed E-state index contributed by atoms with van der Waals surface area (Å²) in [6.07, 6.45) is 1.35. The maximum absolute atomic E-state index is 12.6. The molecule has 1 aromatic heterocycles. The average Bonchev–Trinajstić information content (AvgIpc) is 2.65. The summed E-state index contributed by atoms with van der Waals surface area (Å²) in [4.78, 5) is 30.8. The van der Waals surface area contributed by atoms with Crippen LogP contribution in [0, 0.1) is 13.8 Å². The van der Waals surface area contributed by atoms with Crippen molar-refractivity contribution in [3.05, 3.63) is 47.7 Å². The molecule has 3 rings (SSSR count). The quantitative estimate of drug-likeness (QED) is 0.824. The number of rotatable bonds is 3. The van der Waals surface area contributed by atoms with Crippen LogP contribution in [0.15, 0.2) is 36.5 Å². The van der Waals surface area contributed by atoms with Crippen LogP contribution in [0.25, 0.3) is 0 Å². The summed E-state index contributed by atoms with van der Waals surface area (Å²) in [5, 5.41) is 2.63. The third kappa shape index (κ3) is 4.48. The SMILES string of the molecule is Cc1cccc(Oc2ncccc2NC(=O)C(=O)N2C[C@@H](C)O[C@H](C)C2)c1C. The highest BCUT2D eigenvalue weighted by Gasteiger charge is 2.30. The van der Waals surface area contributed by atoms with Crippen LogP contribution in [0.4, 0.5) is 5.69 Å². The fourth-order valence-corrected chi connectivity index (χ4v) is 3.17. The van der Waals surface area contributed by atoms with Crippen LogP contribution in [-0.2, 0) is 14.3 Å². The number of benzene rings is 1. The summed E-state index contributed by atoms with van der Waals surface area (Å²) in [5.41, 5.74) is 2.42. The summed E-state index contributed by atoms with van der Waals surface area (Å²) in [6, 6.07) is 9.05. The number of amides is 2. The van der Waals surface area contributed by atoms with Crippen LogP contribution in [0.1, 0.15) is 25.0 Å². The minimum Gasteiger partial charge on any atom is -0.437 e. The van der Waals surface area contributed by atoms with Crippen molar-refractivity contribution in [3.63, 3.8) is 0 Å². The van der Waals surface area contributed by atoms with Crippen LogP contribution in [0.5, 0.6) is 11.6 Å². The van der Waals surface area contributed by atoms with Gasteiger partial charge < -0.3 is 19.7 Å². The molecule has 2 aromatic rings. The third-order valence-electron chi connectivity index (χ3n) is 4.68. The first-order valence-corrected chi connectivity index (χ1v) is 9.30. The molecule has 1 saturated heterocycles. The van der Waals surface area contributed by atoms with E-state index in [0.29, 0.717) is 24.5 Å². The van der Waals surface area contributed by atoms with Gasteiger partial charge in [-0.05, 0) is 57.0 Å². The van der Waals surface area contributed by atoms with Crippen molar-refractivity contribution in [1.29, 1.82) is 0 Å². The third-order valence-corrected chi connectivity index (χ3v) is 4.68. The smallest absolute Gasteiger partial charge is 0.314 e. The highest BCUT2D eigenvalue weighted by Crippen LogP contribution is 2.30. The van der Waals surface area contributed by atoms with Crippen molar-refractivity contribution >= 4 is 17.5 Å². The molecule has 1 aromatic carbocycles. The molecule has 0 spiro atoms. The van der Waals surface area contributed by atoms with Gasteiger partial charge in [-0.15, -0.1) is 0 Å². The molecule has 7 heteroatoms. The summed E-state index contributed by atoms with van der Waals surface area (Å²) in [7, 11) is 0. The highest BCUT2D eigenvalue weighted by molar-refractivity contribution is 6.39. The van der Waals surface area contributed by atoms with Gasteiger partial charge in [0.2, 0.25) is 5.88 Å². The number of carbonyl (C=O) groups is 2. The summed E-state index contributed by atoms with van der Waals surface area (Å²) >= 11 is 0. The Morgan fingerprint density at radius 2 is 1.86 bits per heavy atom. The summed E-state index contributed by atoms with van der Waals surface area (Å²) < 4.78 is 11.5. The Kier molecular flexibility index (Phi) is 5.94. The molecule has 7 nitrogen and oxygen atoms in total. The molecule has 2 atom stereocenters. The number of anilines is 1. The summed E-state index contributed by atoms with van der Waals surface area (Å²) in [6.45, 7) is 8.48. The van der Waals surface area contributed by atoms with Crippen LogP contribution < -0.4 is 10.1 Å². The molecular formula is C21H25N3O4. The maximum atomic E-state index is 12.6. The first-order chi connectivity index (χ1) is 13.3. The van der Waals surface area contributed by atoms with E-state index in [2.05, 4.69) is 10.3 Å². The Hall–Kier alpha value is -2.93. The minimum absolute atomic E-state index is 0.109. The lowest BCUT2D eigenvalue weighted by molar-refractivity contribution is -0.151. The predicted octanol–water partition coefficient (Wildman–Crippen LogP) is 3.07. The topological polar surface area (TPSA) is 80.8 Å². The Balaban J connectivity index is 1.75. The molecule has 0 bridgehead atoms. The van der Waals surface area contributed by atoms with E-state index in [1.165, 1.54) is 4.90 Å². The monoisotopic (exact) mass is 383 g/mol. The van der Waals surface area contributed by atoms with E-state index in [4.69, 9.17) is 9.47 Å². The van der Waals surface area contributed by atoms with E-state index < -0.39 is 11.8 Å². The number of nitrogens with zero attached hydrogens (tertiary/aromatic N) is 2. The van der Waals surface area contributed by atoms with Gasteiger partial charge in [0.05, 0.1) is 12.2 Å². The molecule has 2 heterocycles. The van der Waals surface area contributed by atoms with Crippen molar-refractivity contribution < 1.29 is 19.1 Å². The second-order valence-electron chi connectivity index (χ2n) is 7.08.